The normalized spacial score (nSPS) is 17.8. The summed E-state index contributed by atoms with van der Waals surface area (Å²) in [6, 6.07) is 12.9. The number of aryl methyl sites for hydroxylation is 1. The van der Waals surface area contributed by atoms with E-state index in [0.717, 1.165) is 41.1 Å². The van der Waals surface area contributed by atoms with Gasteiger partial charge in [0.25, 0.3) is 0 Å². The standard InChI is InChI=1S/C25H31N5O4S2/c1-16-14-19(17(2)29(16)12-13-33-3)24-23(21-8-6-7-11-26-21)27-25(35)30(24)18-9-10-20(22(15-18)34-4)28-36(5,31)32/h6-11,14-15,23-24,28H,12-13H2,1-5H3,(H,27,35). The Morgan fingerprint density at radius 3 is 2.58 bits per heavy atom. The molecular weight excluding hydrogens is 498 g/mol. The van der Waals surface area contributed by atoms with Crippen LogP contribution in [0.15, 0.2) is 48.7 Å². The van der Waals surface area contributed by atoms with Gasteiger partial charge in [0.2, 0.25) is 10.0 Å². The van der Waals surface area contributed by atoms with E-state index in [1.54, 1.807) is 25.4 Å². The SMILES string of the molecule is COCCn1c(C)cc(C2C(c3ccccn3)NC(=S)N2c2ccc(NS(C)(=O)=O)c(OC)c2)c1C. The number of aromatic nitrogens is 2. The second-order valence-electron chi connectivity index (χ2n) is 8.73. The minimum atomic E-state index is -3.47. The number of thiocarbonyl (C=S) groups is 1. The van der Waals surface area contributed by atoms with Crippen LogP contribution in [-0.4, -0.2) is 50.2 Å². The number of nitrogens with one attached hydrogen (secondary N) is 2. The van der Waals surface area contributed by atoms with Crippen LogP contribution in [0.5, 0.6) is 5.75 Å². The molecule has 2 aromatic heterocycles. The number of sulfonamides is 1. The van der Waals surface area contributed by atoms with Gasteiger partial charge in [-0.05, 0) is 62.0 Å². The van der Waals surface area contributed by atoms with Crippen LogP contribution in [0.25, 0.3) is 0 Å². The lowest BCUT2D eigenvalue weighted by Gasteiger charge is -2.29. The summed E-state index contributed by atoms with van der Waals surface area (Å²) in [7, 11) is -0.267. The Bertz CT molecular complexity index is 1360. The van der Waals surface area contributed by atoms with E-state index in [1.165, 1.54) is 7.11 Å². The number of anilines is 2. The van der Waals surface area contributed by atoms with E-state index in [2.05, 4.69) is 39.5 Å². The Kier molecular flexibility index (Phi) is 7.53. The fourth-order valence-electron chi connectivity index (χ4n) is 4.72. The number of rotatable bonds is 9. The lowest BCUT2D eigenvalue weighted by molar-refractivity contribution is 0.186. The van der Waals surface area contributed by atoms with Crippen LogP contribution < -0.4 is 19.7 Å². The zero-order valence-electron chi connectivity index (χ0n) is 21.0. The summed E-state index contributed by atoms with van der Waals surface area (Å²) in [4.78, 5) is 6.66. The first-order valence-electron chi connectivity index (χ1n) is 11.5. The van der Waals surface area contributed by atoms with Crippen molar-refractivity contribution in [3.8, 4) is 5.75 Å². The predicted octanol–water partition coefficient (Wildman–Crippen LogP) is 3.70. The van der Waals surface area contributed by atoms with E-state index < -0.39 is 10.0 Å². The minimum absolute atomic E-state index is 0.199. The zero-order valence-corrected chi connectivity index (χ0v) is 22.6. The molecule has 192 valence electrons. The fraction of sp³-hybridized carbons (Fsp3) is 0.360. The molecule has 1 aliphatic heterocycles. The second kappa shape index (κ2) is 10.5. The van der Waals surface area contributed by atoms with E-state index in [9.17, 15) is 8.42 Å². The maximum atomic E-state index is 11.8. The van der Waals surface area contributed by atoms with Gasteiger partial charge in [0.1, 0.15) is 5.75 Å². The van der Waals surface area contributed by atoms with E-state index in [-0.39, 0.29) is 12.1 Å². The summed E-state index contributed by atoms with van der Waals surface area (Å²) < 4.78 is 39.2. The average Bonchev–Trinajstić information content (AvgIpc) is 3.32. The molecule has 0 amide bonds. The van der Waals surface area contributed by atoms with Crippen molar-refractivity contribution in [1.29, 1.82) is 0 Å². The summed E-state index contributed by atoms with van der Waals surface area (Å²) in [5.74, 6) is 0.395. The fourth-order valence-corrected chi connectivity index (χ4v) is 5.63. The van der Waals surface area contributed by atoms with Crippen molar-refractivity contribution < 1.29 is 17.9 Å². The third kappa shape index (κ3) is 5.18. The van der Waals surface area contributed by atoms with Crippen molar-refractivity contribution in [2.24, 2.45) is 0 Å². The maximum absolute atomic E-state index is 11.8. The molecule has 2 unspecified atom stereocenters. The van der Waals surface area contributed by atoms with Gasteiger partial charge >= 0.3 is 0 Å². The second-order valence-corrected chi connectivity index (χ2v) is 10.9. The molecule has 0 spiro atoms. The highest BCUT2D eigenvalue weighted by molar-refractivity contribution is 7.92. The van der Waals surface area contributed by atoms with Crippen LogP contribution in [0, 0.1) is 13.8 Å². The average molecular weight is 530 g/mol. The van der Waals surface area contributed by atoms with Crippen LogP contribution in [0.4, 0.5) is 11.4 Å². The first-order chi connectivity index (χ1) is 17.1. The van der Waals surface area contributed by atoms with Crippen LogP contribution in [0.2, 0.25) is 0 Å². The maximum Gasteiger partial charge on any atom is 0.229 e. The molecule has 1 saturated heterocycles. The molecule has 11 heteroatoms. The zero-order chi connectivity index (χ0) is 26.0. The topological polar surface area (TPSA) is 97.7 Å². The Balaban J connectivity index is 1.84. The molecule has 4 rings (SSSR count). The van der Waals surface area contributed by atoms with Crippen molar-refractivity contribution in [3.05, 3.63) is 71.3 Å². The third-order valence-electron chi connectivity index (χ3n) is 6.31. The Labute approximate surface area is 217 Å². The summed E-state index contributed by atoms with van der Waals surface area (Å²) in [5, 5.41) is 4.01. The highest BCUT2D eigenvalue weighted by atomic mass is 32.2. The summed E-state index contributed by atoms with van der Waals surface area (Å²) in [6.45, 7) is 5.54. The van der Waals surface area contributed by atoms with Gasteiger partial charge in [-0.2, -0.15) is 0 Å². The van der Waals surface area contributed by atoms with Crippen molar-refractivity contribution in [3.63, 3.8) is 0 Å². The van der Waals surface area contributed by atoms with Gasteiger partial charge in [-0.1, -0.05) is 6.07 Å². The van der Waals surface area contributed by atoms with E-state index in [1.807, 2.05) is 29.2 Å². The molecular formula is C25H31N5O4S2. The smallest absolute Gasteiger partial charge is 0.229 e. The molecule has 2 atom stereocenters. The summed E-state index contributed by atoms with van der Waals surface area (Å²) >= 11 is 5.84. The van der Waals surface area contributed by atoms with Crippen molar-refractivity contribution in [1.82, 2.24) is 14.9 Å². The highest BCUT2D eigenvalue weighted by Gasteiger charge is 2.42. The molecule has 36 heavy (non-hydrogen) atoms. The van der Waals surface area contributed by atoms with Gasteiger partial charge in [0, 0.05) is 43.0 Å². The van der Waals surface area contributed by atoms with Crippen molar-refractivity contribution in [2.75, 3.05) is 36.7 Å². The number of pyridine rings is 1. The van der Waals surface area contributed by atoms with Crippen LogP contribution >= 0.6 is 12.2 Å². The number of hydrogen-bond acceptors (Lipinski definition) is 6. The molecule has 1 fully saturated rings. The number of nitrogens with zero attached hydrogens (tertiary/aromatic N) is 3. The van der Waals surface area contributed by atoms with E-state index in [0.29, 0.717) is 23.2 Å². The van der Waals surface area contributed by atoms with Crippen LogP contribution in [0.3, 0.4) is 0 Å². The Morgan fingerprint density at radius 1 is 1.17 bits per heavy atom. The quantitative estimate of drug-likeness (QED) is 0.405. The van der Waals surface area contributed by atoms with E-state index >= 15 is 0 Å². The number of benzene rings is 1. The van der Waals surface area contributed by atoms with Gasteiger partial charge < -0.3 is 24.3 Å². The number of methoxy groups -OCH3 is 2. The summed E-state index contributed by atoms with van der Waals surface area (Å²) in [5.41, 5.74) is 5.36. The van der Waals surface area contributed by atoms with Gasteiger partial charge in [-0.15, -0.1) is 0 Å². The van der Waals surface area contributed by atoms with Gasteiger partial charge in [0.15, 0.2) is 5.11 Å². The molecule has 0 radical (unpaired) electrons. The largest absolute Gasteiger partial charge is 0.494 e. The molecule has 2 N–H and O–H groups in total. The molecule has 3 aromatic rings. The number of hydrogen-bond donors (Lipinski definition) is 2. The highest BCUT2D eigenvalue weighted by Crippen LogP contribution is 2.44. The first-order valence-corrected chi connectivity index (χ1v) is 13.8. The Hall–Kier alpha value is -3.15. The van der Waals surface area contributed by atoms with Crippen molar-refractivity contribution >= 4 is 38.7 Å². The molecule has 1 aromatic carbocycles. The molecule has 0 aliphatic carbocycles. The molecule has 3 heterocycles. The van der Waals surface area contributed by atoms with Gasteiger partial charge in [0.05, 0.1) is 43.4 Å². The van der Waals surface area contributed by atoms with E-state index in [4.69, 9.17) is 21.7 Å². The Morgan fingerprint density at radius 2 is 1.94 bits per heavy atom. The third-order valence-corrected chi connectivity index (χ3v) is 7.21. The molecule has 1 aliphatic rings. The van der Waals surface area contributed by atoms with Crippen molar-refractivity contribution in [2.45, 2.75) is 32.5 Å². The van der Waals surface area contributed by atoms with Crippen LogP contribution in [-0.2, 0) is 21.3 Å². The first kappa shape index (κ1) is 25.9. The molecule has 9 nitrogen and oxygen atoms in total. The van der Waals surface area contributed by atoms with Crippen LogP contribution in [0.1, 0.15) is 34.7 Å². The van der Waals surface area contributed by atoms with Gasteiger partial charge in [-0.25, -0.2) is 8.42 Å². The lowest BCUT2D eigenvalue weighted by atomic mass is 9.96. The monoisotopic (exact) mass is 529 g/mol. The molecule has 0 bridgehead atoms. The molecule has 0 saturated carbocycles. The van der Waals surface area contributed by atoms with Gasteiger partial charge in [-0.3, -0.25) is 9.71 Å². The number of ether oxygens (including phenoxy) is 2. The minimum Gasteiger partial charge on any atom is -0.494 e. The predicted molar refractivity (Wildman–Crippen MR) is 145 cm³/mol. The lowest BCUT2D eigenvalue weighted by Crippen LogP contribution is -2.29. The summed E-state index contributed by atoms with van der Waals surface area (Å²) in [6.07, 6.45) is 2.88.